The van der Waals surface area contributed by atoms with Crippen molar-refractivity contribution in [3.05, 3.63) is 66.1 Å². The molecule has 1 fully saturated rings. The Morgan fingerprint density at radius 3 is 2.76 bits per heavy atom. The minimum atomic E-state index is -1.14. The van der Waals surface area contributed by atoms with Gasteiger partial charge in [0, 0.05) is 42.6 Å². The van der Waals surface area contributed by atoms with E-state index < -0.39 is 17.5 Å². The molecule has 1 amide bonds. The highest BCUT2D eigenvalue weighted by atomic mass is 19.2. The molecular formula is C23H19F2N5O3. The van der Waals surface area contributed by atoms with Crippen molar-refractivity contribution in [2.45, 2.75) is 12.5 Å². The number of imidazole rings is 1. The van der Waals surface area contributed by atoms with Crippen molar-refractivity contribution in [1.82, 2.24) is 24.9 Å². The van der Waals surface area contributed by atoms with Gasteiger partial charge in [0.05, 0.1) is 25.1 Å². The number of amides is 1. The predicted octanol–water partition coefficient (Wildman–Crippen LogP) is 3.26. The van der Waals surface area contributed by atoms with Gasteiger partial charge in [0.25, 0.3) is 5.91 Å². The van der Waals surface area contributed by atoms with Crippen LogP contribution in [0.4, 0.5) is 8.78 Å². The number of carbonyl (C=O) groups is 1. The summed E-state index contributed by atoms with van der Waals surface area (Å²) in [5, 5.41) is 6.99. The van der Waals surface area contributed by atoms with E-state index in [2.05, 4.69) is 20.4 Å². The van der Waals surface area contributed by atoms with Gasteiger partial charge in [0.15, 0.2) is 17.3 Å². The van der Waals surface area contributed by atoms with Gasteiger partial charge in [-0.05, 0) is 35.9 Å². The van der Waals surface area contributed by atoms with Gasteiger partial charge in [-0.15, -0.1) is 5.10 Å². The lowest BCUT2D eigenvalue weighted by atomic mass is 10.1. The van der Waals surface area contributed by atoms with Crippen LogP contribution in [0.25, 0.3) is 28.0 Å². The normalized spacial score (nSPS) is 15.7. The molecule has 168 valence electrons. The molecule has 0 bridgehead atoms. The Hall–Kier alpha value is -3.92. The lowest BCUT2D eigenvalue weighted by Gasteiger charge is -2.15. The fraction of sp³-hybridized carbons (Fsp3) is 0.217. The monoisotopic (exact) mass is 451 g/mol. The average molecular weight is 451 g/mol. The van der Waals surface area contributed by atoms with Crippen molar-refractivity contribution >= 4 is 11.6 Å². The Labute approximate surface area is 187 Å². The van der Waals surface area contributed by atoms with Crippen LogP contribution in [0.3, 0.4) is 0 Å². The van der Waals surface area contributed by atoms with E-state index in [1.165, 1.54) is 23.8 Å². The van der Waals surface area contributed by atoms with Gasteiger partial charge < -0.3 is 14.8 Å². The predicted molar refractivity (Wildman–Crippen MR) is 115 cm³/mol. The molecular weight excluding hydrogens is 432 g/mol. The summed E-state index contributed by atoms with van der Waals surface area (Å²) >= 11 is 0. The summed E-state index contributed by atoms with van der Waals surface area (Å²) in [7, 11) is 1.41. The highest BCUT2D eigenvalue weighted by Gasteiger charge is 2.23. The molecule has 4 aromatic rings. The second kappa shape index (κ2) is 8.55. The van der Waals surface area contributed by atoms with Crippen LogP contribution in [0, 0.1) is 11.6 Å². The summed E-state index contributed by atoms with van der Waals surface area (Å²) in [6.45, 7) is 1.02. The molecule has 1 aliphatic heterocycles. The molecule has 4 heterocycles. The van der Waals surface area contributed by atoms with Gasteiger partial charge in [-0.3, -0.25) is 9.78 Å². The first-order valence-corrected chi connectivity index (χ1v) is 10.3. The van der Waals surface area contributed by atoms with Crippen molar-refractivity contribution in [2.75, 3.05) is 20.3 Å². The molecule has 3 aromatic heterocycles. The van der Waals surface area contributed by atoms with E-state index >= 15 is 0 Å². The van der Waals surface area contributed by atoms with Crippen molar-refractivity contribution < 1.29 is 23.0 Å². The van der Waals surface area contributed by atoms with Crippen LogP contribution in [0.1, 0.15) is 16.8 Å². The van der Waals surface area contributed by atoms with Gasteiger partial charge in [-0.2, -0.15) is 0 Å². The summed E-state index contributed by atoms with van der Waals surface area (Å²) in [6, 6.07) is 7.51. The maximum Gasteiger partial charge on any atom is 0.251 e. The van der Waals surface area contributed by atoms with E-state index in [0.29, 0.717) is 36.7 Å². The number of hydrogen-bond acceptors (Lipinski definition) is 6. The highest BCUT2D eigenvalue weighted by molar-refractivity contribution is 5.95. The molecule has 5 rings (SSSR count). The Kier molecular flexibility index (Phi) is 5.43. The third-order valence-corrected chi connectivity index (χ3v) is 5.41. The van der Waals surface area contributed by atoms with Crippen molar-refractivity contribution in [1.29, 1.82) is 0 Å². The van der Waals surface area contributed by atoms with E-state index in [0.717, 1.165) is 11.6 Å². The van der Waals surface area contributed by atoms with Crippen LogP contribution in [0.5, 0.6) is 5.88 Å². The maximum atomic E-state index is 14.8. The van der Waals surface area contributed by atoms with Gasteiger partial charge >= 0.3 is 0 Å². The van der Waals surface area contributed by atoms with Crippen LogP contribution in [0.2, 0.25) is 0 Å². The quantitative estimate of drug-likeness (QED) is 0.501. The smallest absolute Gasteiger partial charge is 0.251 e. The number of benzene rings is 1. The summed E-state index contributed by atoms with van der Waals surface area (Å²) in [5.41, 5.74) is 1.92. The largest absolute Gasteiger partial charge is 0.470 e. The number of pyridine rings is 1. The van der Waals surface area contributed by atoms with Crippen molar-refractivity contribution in [3.63, 3.8) is 0 Å². The molecule has 0 unspecified atom stereocenters. The zero-order valence-corrected chi connectivity index (χ0v) is 17.6. The number of fused-ring (bicyclic) bond motifs is 1. The molecule has 33 heavy (non-hydrogen) atoms. The Balaban J connectivity index is 1.68. The van der Waals surface area contributed by atoms with Crippen molar-refractivity contribution in [3.8, 4) is 28.3 Å². The molecule has 0 aliphatic carbocycles. The summed E-state index contributed by atoms with van der Waals surface area (Å²) < 4.78 is 42.0. The lowest BCUT2D eigenvalue weighted by Crippen LogP contribution is -2.18. The number of ether oxygens (including phenoxy) is 2. The van der Waals surface area contributed by atoms with Crippen molar-refractivity contribution in [2.24, 2.45) is 0 Å². The maximum absolute atomic E-state index is 14.8. The van der Waals surface area contributed by atoms with Crippen LogP contribution in [-0.2, 0) is 4.74 Å². The topological polar surface area (TPSA) is 90.6 Å². The number of nitrogens with zero attached hydrogens (tertiary/aromatic N) is 4. The molecule has 1 N–H and O–H groups in total. The Bertz CT molecular complexity index is 1340. The first-order valence-electron chi connectivity index (χ1n) is 10.3. The minimum absolute atomic E-state index is 0.0191. The molecule has 1 aliphatic rings. The first-order chi connectivity index (χ1) is 16.0. The molecule has 1 atom stereocenters. The van der Waals surface area contributed by atoms with Crippen LogP contribution < -0.4 is 10.1 Å². The minimum Gasteiger partial charge on any atom is -0.470 e. The van der Waals surface area contributed by atoms with E-state index in [4.69, 9.17) is 9.47 Å². The van der Waals surface area contributed by atoms with E-state index in [1.807, 2.05) is 12.1 Å². The highest BCUT2D eigenvalue weighted by Crippen LogP contribution is 2.33. The molecule has 0 radical (unpaired) electrons. The molecule has 0 spiro atoms. The van der Waals surface area contributed by atoms with Gasteiger partial charge in [-0.1, -0.05) is 0 Å². The number of hydrogen-bond donors (Lipinski definition) is 1. The summed E-state index contributed by atoms with van der Waals surface area (Å²) in [5.74, 6) is -2.49. The number of halogens is 2. The summed E-state index contributed by atoms with van der Waals surface area (Å²) in [4.78, 5) is 20.4. The zero-order valence-electron chi connectivity index (χ0n) is 17.6. The van der Waals surface area contributed by atoms with Gasteiger partial charge in [0.2, 0.25) is 5.88 Å². The fourth-order valence-corrected chi connectivity index (χ4v) is 3.72. The number of rotatable bonds is 5. The Morgan fingerprint density at radius 1 is 1.21 bits per heavy atom. The first kappa shape index (κ1) is 21.0. The van der Waals surface area contributed by atoms with E-state index in [9.17, 15) is 13.6 Å². The van der Waals surface area contributed by atoms with Gasteiger partial charge in [0.1, 0.15) is 6.10 Å². The second-order valence-electron chi connectivity index (χ2n) is 7.51. The molecule has 10 heteroatoms. The second-order valence-corrected chi connectivity index (χ2v) is 7.51. The standard InChI is InChI=1S/C23H19F2N5O3/c1-26-22(31)14-8-17(21(25)18(24)9-14)19-11-28-20-10-16(13-2-5-27-6-3-13)23(29-30(19)20)33-15-4-7-32-12-15/h2-3,5-6,8-11,15H,4,7,12H2,1H3,(H,26,31)/t15-/m0/s1. The van der Waals surface area contributed by atoms with Crippen LogP contribution >= 0.6 is 0 Å². The fourth-order valence-electron chi connectivity index (χ4n) is 3.72. The van der Waals surface area contributed by atoms with E-state index in [-0.39, 0.29) is 22.9 Å². The molecule has 8 nitrogen and oxygen atoms in total. The SMILES string of the molecule is CNC(=O)c1cc(F)c(F)c(-c2cnc3cc(-c4ccncc4)c(O[C@H]4CCOC4)nn23)c1. The molecule has 1 saturated heterocycles. The third-order valence-electron chi connectivity index (χ3n) is 5.41. The van der Waals surface area contributed by atoms with E-state index in [1.54, 1.807) is 18.5 Å². The number of aromatic nitrogens is 4. The third kappa shape index (κ3) is 3.89. The number of carbonyl (C=O) groups excluding carboxylic acids is 1. The number of nitrogens with one attached hydrogen (secondary N) is 1. The lowest BCUT2D eigenvalue weighted by molar-refractivity contribution is 0.0962. The Morgan fingerprint density at radius 2 is 2.03 bits per heavy atom. The molecule has 0 saturated carbocycles. The zero-order chi connectivity index (χ0) is 22.9. The van der Waals surface area contributed by atoms with Gasteiger partial charge in [-0.25, -0.2) is 18.3 Å². The van der Waals surface area contributed by atoms with Crippen LogP contribution in [0.15, 0.2) is 48.9 Å². The van der Waals surface area contributed by atoms with Crippen LogP contribution in [-0.4, -0.2) is 51.9 Å². The summed E-state index contributed by atoms with van der Waals surface area (Å²) in [6.07, 6.45) is 5.21. The average Bonchev–Trinajstić information content (AvgIpc) is 3.50. The molecule has 1 aromatic carbocycles.